The second-order valence-electron chi connectivity index (χ2n) is 8.48. The van der Waals surface area contributed by atoms with Gasteiger partial charge >= 0.3 is 0 Å². The maximum Gasteiger partial charge on any atom is 0.119 e. The quantitative estimate of drug-likeness (QED) is 0.794. The lowest BCUT2D eigenvalue weighted by molar-refractivity contribution is 0.0256. The molecule has 2 unspecified atom stereocenters. The highest BCUT2D eigenvalue weighted by atomic mass is 16.5. The minimum Gasteiger partial charge on any atom is -0.497 e. The van der Waals surface area contributed by atoms with E-state index in [2.05, 4.69) is 63.2 Å². The number of aliphatic hydroxyl groups is 1. The SMILES string of the molecule is COc1cccc(C=C2CCC(CN(C)C)C2(O)Cc2cc(C)ccc2C)c1. The van der Waals surface area contributed by atoms with Crippen LogP contribution < -0.4 is 4.74 Å². The van der Waals surface area contributed by atoms with Crippen LogP contribution in [-0.4, -0.2) is 43.4 Å². The monoisotopic (exact) mass is 379 g/mol. The Balaban J connectivity index is 2.00. The van der Waals surface area contributed by atoms with Gasteiger partial charge in [-0.15, -0.1) is 0 Å². The molecule has 1 aliphatic carbocycles. The Morgan fingerprint density at radius 2 is 1.96 bits per heavy atom. The van der Waals surface area contributed by atoms with Crippen LogP contribution in [0.1, 0.15) is 35.1 Å². The number of hydrogen-bond acceptors (Lipinski definition) is 3. The predicted molar refractivity (Wildman–Crippen MR) is 117 cm³/mol. The summed E-state index contributed by atoms with van der Waals surface area (Å²) in [6.45, 7) is 5.14. The molecule has 1 aliphatic rings. The largest absolute Gasteiger partial charge is 0.497 e. The van der Waals surface area contributed by atoms with Crippen LogP contribution >= 0.6 is 0 Å². The van der Waals surface area contributed by atoms with E-state index in [9.17, 15) is 5.11 Å². The molecule has 0 spiro atoms. The van der Waals surface area contributed by atoms with Crippen molar-refractivity contribution in [2.75, 3.05) is 27.7 Å². The molecule has 0 aromatic heterocycles. The third-order valence-electron chi connectivity index (χ3n) is 5.98. The number of benzene rings is 2. The van der Waals surface area contributed by atoms with E-state index in [0.717, 1.165) is 36.3 Å². The fraction of sp³-hybridized carbons (Fsp3) is 0.440. The summed E-state index contributed by atoms with van der Waals surface area (Å²) in [4.78, 5) is 2.19. The highest BCUT2D eigenvalue weighted by Crippen LogP contribution is 2.44. The highest BCUT2D eigenvalue weighted by molar-refractivity contribution is 5.58. The molecule has 28 heavy (non-hydrogen) atoms. The van der Waals surface area contributed by atoms with Crippen molar-refractivity contribution in [2.24, 2.45) is 5.92 Å². The Kier molecular flexibility index (Phi) is 6.26. The van der Waals surface area contributed by atoms with Gasteiger partial charge in [0.2, 0.25) is 0 Å². The first-order valence-electron chi connectivity index (χ1n) is 10.1. The molecule has 0 saturated heterocycles. The number of rotatable bonds is 6. The number of aryl methyl sites for hydroxylation is 2. The first kappa shape index (κ1) is 20.6. The van der Waals surface area contributed by atoms with Crippen molar-refractivity contribution < 1.29 is 9.84 Å². The minimum absolute atomic E-state index is 0.222. The maximum atomic E-state index is 12.0. The fourth-order valence-electron chi connectivity index (χ4n) is 4.40. The van der Waals surface area contributed by atoms with E-state index in [1.54, 1.807) is 7.11 Å². The van der Waals surface area contributed by atoms with Gasteiger partial charge in [0.15, 0.2) is 0 Å². The van der Waals surface area contributed by atoms with Crippen LogP contribution in [0, 0.1) is 19.8 Å². The number of ether oxygens (including phenoxy) is 1. The van der Waals surface area contributed by atoms with Crippen molar-refractivity contribution in [3.05, 3.63) is 70.3 Å². The second kappa shape index (κ2) is 8.50. The average Bonchev–Trinajstić information content (AvgIpc) is 2.93. The number of hydrogen-bond donors (Lipinski definition) is 1. The zero-order valence-corrected chi connectivity index (χ0v) is 17.8. The maximum absolute atomic E-state index is 12.0. The summed E-state index contributed by atoms with van der Waals surface area (Å²) in [6.07, 6.45) is 4.77. The van der Waals surface area contributed by atoms with E-state index in [0.29, 0.717) is 6.42 Å². The topological polar surface area (TPSA) is 32.7 Å². The average molecular weight is 380 g/mol. The standard InChI is InChI=1S/C25H33NO2/c1-18-9-10-19(2)21(13-18)16-25(27)22(11-12-23(25)17-26(3)4)14-20-7-6-8-24(15-20)28-5/h6-10,13-15,23,27H,11-12,16-17H2,1-5H3. The van der Waals surface area contributed by atoms with Crippen LogP contribution in [0.15, 0.2) is 48.0 Å². The van der Waals surface area contributed by atoms with Gasteiger partial charge in [-0.05, 0) is 75.2 Å². The van der Waals surface area contributed by atoms with Crippen LogP contribution in [-0.2, 0) is 6.42 Å². The molecule has 3 rings (SSSR count). The molecule has 0 amide bonds. The van der Waals surface area contributed by atoms with Gasteiger partial charge in [-0.1, -0.05) is 42.0 Å². The van der Waals surface area contributed by atoms with Gasteiger partial charge in [0.1, 0.15) is 5.75 Å². The van der Waals surface area contributed by atoms with E-state index in [1.807, 2.05) is 18.2 Å². The normalized spacial score (nSPS) is 23.5. The smallest absolute Gasteiger partial charge is 0.119 e. The molecule has 2 aromatic carbocycles. The molecule has 3 heteroatoms. The van der Waals surface area contributed by atoms with Crippen molar-refractivity contribution in [2.45, 2.75) is 38.7 Å². The Morgan fingerprint density at radius 1 is 1.18 bits per heavy atom. The molecule has 1 N–H and O–H groups in total. The summed E-state index contributed by atoms with van der Waals surface area (Å²) in [5, 5.41) is 12.0. The lowest BCUT2D eigenvalue weighted by atomic mass is 9.80. The van der Waals surface area contributed by atoms with Gasteiger partial charge in [-0.2, -0.15) is 0 Å². The second-order valence-corrected chi connectivity index (χ2v) is 8.48. The third-order valence-corrected chi connectivity index (χ3v) is 5.98. The molecule has 1 saturated carbocycles. The van der Waals surface area contributed by atoms with E-state index in [-0.39, 0.29) is 5.92 Å². The predicted octanol–water partition coefficient (Wildman–Crippen LogP) is 4.64. The van der Waals surface area contributed by atoms with E-state index in [4.69, 9.17) is 4.74 Å². The molecule has 0 bridgehead atoms. The Labute approximate surface area is 169 Å². The van der Waals surface area contributed by atoms with Crippen LogP contribution in [0.25, 0.3) is 6.08 Å². The first-order chi connectivity index (χ1) is 13.3. The zero-order valence-electron chi connectivity index (χ0n) is 17.8. The van der Waals surface area contributed by atoms with E-state index >= 15 is 0 Å². The molecule has 2 aromatic rings. The first-order valence-corrected chi connectivity index (χ1v) is 10.1. The lowest BCUT2D eigenvalue weighted by Crippen LogP contribution is -2.42. The molecule has 1 fully saturated rings. The molecular weight excluding hydrogens is 346 g/mol. The van der Waals surface area contributed by atoms with Crippen LogP contribution in [0.4, 0.5) is 0 Å². The van der Waals surface area contributed by atoms with E-state index < -0.39 is 5.60 Å². The van der Waals surface area contributed by atoms with E-state index in [1.165, 1.54) is 16.7 Å². The van der Waals surface area contributed by atoms with Crippen molar-refractivity contribution in [3.8, 4) is 5.75 Å². The van der Waals surface area contributed by atoms with Crippen LogP contribution in [0.3, 0.4) is 0 Å². The molecule has 2 atom stereocenters. The van der Waals surface area contributed by atoms with Gasteiger partial charge in [-0.3, -0.25) is 0 Å². The Bertz CT molecular complexity index is 855. The number of nitrogens with zero attached hydrogens (tertiary/aromatic N) is 1. The third kappa shape index (κ3) is 4.48. The molecule has 0 aliphatic heterocycles. The zero-order chi connectivity index (χ0) is 20.3. The summed E-state index contributed by atoms with van der Waals surface area (Å²) in [6, 6.07) is 14.6. The molecular formula is C25H33NO2. The molecule has 0 radical (unpaired) electrons. The fourth-order valence-corrected chi connectivity index (χ4v) is 4.40. The van der Waals surface area contributed by atoms with Crippen molar-refractivity contribution >= 4 is 6.08 Å². The van der Waals surface area contributed by atoms with Gasteiger partial charge in [0, 0.05) is 18.9 Å². The Hall–Kier alpha value is -2.10. The molecule has 0 heterocycles. The summed E-state index contributed by atoms with van der Waals surface area (Å²) in [5.74, 6) is 1.06. The van der Waals surface area contributed by atoms with Gasteiger partial charge in [0.25, 0.3) is 0 Å². The Morgan fingerprint density at radius 3 is 2.68 bits per heavy atom. The van der Waals surface area contributed by atoms with Gasteiger partial charge in [-0.25, -0.2) is 0 Å². The lowest BCUT2D eigenvalue weighted by Gasteiger charge is -2.34. The van der Waals surface area contributed by atoms with Crippen molar-refractivity contribution in [3.63, 3.8) is 0 Å². The highest BCUT2D eigenvalue weighted by Gasteiger charge is 2.45. The number of methoxy groups -OCH3 is 1. The van der Waals surface area contributed by atoms with Crippen molar-refractivity contribution in [1.82, 2.24) is 4.90 Å². The summed E-state index contributed by atoms with van der Waals surface area (Å²) in [7, 11) is 5.86. The molecule has 150 valence electrons. The van der Waals surface area contributed by atoms with Crippen molar-refractivity contribution in [1.29, 1.82) is 0 Å². The van der Waals surface area contributed by atoms with Crippen LogP contribution in [0.5, 0.6) is 5.75 Å². The van der Waals surface area contributed by atoms with Gasteiger partial charge in [0.05, 0.1) is 12.7 Å². The van der Waals surface area contributed by atoms with Crippen LogP contribution in [0.2, 0.25) is 0 Å². The summed E-state index contributed by atoms with van der Waals surface area (Å²) < 4.78 is 5.37. The minimum atomic E-state index is -0.827. The molecule has 3 nitrogen and oxygen atoms in total. The summed E-state index contributed by atoms with van der Waals surface area (Å²) in [5.41, 5.74) is 5.11. The van der Waals surface area contributed by atoms with Gasteiger partial charge < -0.3 is 14.7 Å². The summed E-state index contributed by atoms with van der Waals surface area (Å²) >= 11 is 0.